The van der Waals surface area contributed by atoms with Crippen molar-refractivity contribution < 1.29 is 22.3 Å². The molecule has 8 heteroatoms. The minimum Gasteiger partial charge on any atom is -0.494 e. The fraction of sp³-hybridized carbons (Fsp3) is 0.133. The Morgan fingerprint density at radius 3 is 2.48 bits per heavy atom. The van der Waals surface area contributed by atoms with E-state index >= 15 is 0 Å². The van der Waals surface area contributed by atoms with E-state index in [2.05, 4.69) is 10.0 Å². The van der Waals surface area contributed by atoms with Gasteiger partial charge in [0.25, 0.3) is 10.0 Å². The molecule has 0 heterocycles. The predicted molar refractivity (Wildman–Crippen MR) is 84.5 cm³/mol. The molecule has 2 aromatic carbocycles. The van der Waals surface area contributed by atoms with Crippen molar-refractivity contribution in [1.82, 2.24) is 0 Å². The average molecular weight is 338 g/mol. The van der Waals surface area contributed by atoms with Crippen LogP contribution in [0.15, 0.2) is 47.4 Å². The Bertz CT molecular complexity index is 837. The van der Waals surface area contributed by atoms with Gasteiger partial charge in [-0.25, -0.2) is 12.8 Å². The number of sulfonamides is 1. The van der Waals surface area contributed by atoms with E-state index in [0.29, 0.717) is 5.69 Å². The molecule has 0 radical (unpaired) electrons. The van der Waals surface area contributed by atoms with Crippen LogP contribution in [-0.2, 0) is 14.8 Å². The molecule has 0 bridgehead atoms. The molecular formula is C15H15FN2O4S. The number of anilines is 2. The molecule has 0 aliphatic carbocycles. The molecule has 0 aromatic heterocycles. The van der Waals surface area contributed by atoms with Crippen molar-refractivity contribution in [3.63, 3.8) is 0 Å². The first kappa shape index (κ1) is 16.8. The third-order valence-corrected chi connectivity index (χ3v) is 4.25. The normalized spacial score (nSPS) is 10.9. The van der Waals surface area contributed by atoms with Crippen molar-refractivity contribution in [3.8, 4) is 5.75 Å². The van der Waals surface area contributed by atoms with Gasteiger partial charge in [-0.2, -0.15) is 0 Å². The Kier molecular flexibility index (Phi) is 4.85. The monoisotopic (exact) mass is 338 g/mol. The van der Waals surface area contributed by atoms with Gasteiger partial charge in [-0.15, -0.1) is 0 Å². The lowest BCUT2D eigenvalue weighted by molar-refractivity contribution is -0.114. The summed E-state index contributed by atoms with van der Waals surface area (Å²) in [5, 5.41) is 2.55. The number of methoxy groups -OCH3 is 1. The molecule has 1 amide bonds. The molecule has 0 unspecified atom stereocenters. The molecule has 2 N–H and O–H groups in total. The van der Waals surface area contributed by atoms with Crippen LogP contribution in [0.4, 0.5) is 15.8 Å². The number of nitrogens with one attached hydrogen (secondary N) is 2. The van der Waals surface area contributed by atoms with E-state index in [0.717, 1.165) is 18.2 Å². The van der Waals surface area contributed by atoms with Crippen molar-refractivity contribution >= 4 is 27.3 Å². The second-order valence-electron chi connectivity index (χ2n) is 4.66. The maximum atomic E-state index is 13.4. The van der Waals surface area contributed by atoms with Crippen molar-refractivity contribution in [2.75, 3.05) is 17.1 Å². The van der Waals surface area contributed by atoms with Gasteiger partial charge < -0.3 is 10.1 Å². The van der Waals surface area contributed by atoms with E-state index in [9.17, 15) is 17.6 Å². The number of amides is 1. The number of halogens is 1. The number of hydrogen-bond donors (Lipinski definition) is 2. The van der Waals surface area contributed by atoms with Gasteiger partial charge in [0.15, 0.2) is 11.6 Å². The number of rotatable bonds is 5. The molecule has 0 saturated heterocycles. The van der Waals surface area contributed by atoms with Crippen LogP contribution in [-0.4, -0.2) is 21.4 Å². The Labute approximate surface area is 133 Å². The predicted octanol–water partition coefficient (Wildman–Crippen LogP) is 2.59. The lowest BCUT2D eigenvalue weighted by atomic mass is 10.3. The Hall–Kier alpha value is -2.61. The van der Waals surface area contributed by atoms with Crippen LogP contribution in [0.25, 0.3) is 0 Å². The molecule has 2 rings (SSSR count). The summed E-state index contributed by atoms with van der Waals surface area (Å²) in [6.45, 7) is 1.35. The summed E-state index contributed by atoms with van der Waals surface area (Å²) >= 11 is 0. The minimum absolute atomic E-state index is 0.138. The SMILES string of the molecule is COc1cc(S(=O)(=O)Nc2cccc(NC(C)=O)c2)ccc1F. The van der Waals surface area contributed by atoms with Crippen LogP contribution in [0.5, 0.6) is 5.75 Å². The van der Waals surface area contributed by atoms with E-state index in [1.807, 2.05) is 0 Å². The third kappa shape index (κ3) is 4.19. The lowest BCUT2D eigenvalue weighted by Gasteiger charge is -2.11. The second-order valence-corrected chi connectivity index (χ2v) is 6.35. The first-order valence-corrected chi connectivity index (χ1v) is 8.04. The highest BCUT2D eigenvalue weighted by Crippen LogP contribution is 2.24. The molecule has 2 aromatic rings. The molecule has 122 valence electrons. The highest BCUT2D eigenvalue weighted by molar-refractivity contribution is 7.92. The van der Waals surface area contributed by atoms with Crippen molar-refractivity contribution in [3.05, 3.63) is 48.3 Å². The zero-order chi connectivity index (χ0) is 17.0. The van der Waals surface area contributed by atoms with E-state index in [1.165, 1.54) is 26.2 Å². The smallest absolute Gasteiger partial charge is 0.262 e. The summed E-state index contributed by atoms with van der Waals surface area (Å²) in [5.41, 5.74) is 0.717. The van der Waals surface area contributed by atoms with Gasteiger partial charge in [0.1, 0.15) is 0 Å². The zero-order valence-corrected chi connectivity index (χ0v) is 13.3. The molecule has 0 aliphatic rings. The van der Waals surface area contributed by atoms with Gasteiger partial charge in [0.05, 0.1) is 17.7 Å². The molecule has 0 atom stereocenters. The third-order valence-electron chi connectivity index (χ3n) is 2.87. The van der Waals surface area contributed by atoms with Gasteiger partial charge >= 0.3 is 0 Å². The number of hydrogen-bond acceptors (Lipinski definition) is 4. The van der Waals surface area contributed by atoms with E-state index in [4.69, 9.17) is 4.74 Å². The average Bonchev–Trinajstić information content (AvgIpc) is 2.46. The van der Waals surface area contributed by atoms with E-state index in [-0.39, 0.29) is 22.2 Å². The molecule has 0 spiro atoms. The Balaban J connectivity index is 2.29. The molecule has 6 nitrogen and oxygen atoms in total. The molecule has 0 fully saturated rings. The van der Waals surface area contributed by atoms with Crippen LogP contribution >= 0.6 is 0 Å². The Morgan fingerprint density at radius 1 is 1.13 bits per heavy atom. The second kappa shape index (κ2) is 6.66. The summed E-state index contributed by atoms with van der Waals surface area (Å²) in [7, 11) is -2.67. The lowest BCUT2D eigenvalue weighted by Crippen LogP contribution is -2.13. The number of benzene rings is 2. The minimum atomic E-state index is -3.92. The van der Waals surface area contributed by atoms with Crippen LogP contribution in [0.1, 0.15) is 6.92 Å². The summed E-state index contributed by atoms with van der Waals surface area (Å²) in [5.74, 6) is -1.09. The van der Waals surface area contributed by atoms with Crippen LogP contribution < -0.4 is 14.8 Å². The van der Waals surface area contributed by atoms with Crippen molar-refractivity contribution in [1.29, 1.82) is 0 Å². The maximum Gasteiger partial charge on any atom is 0.262 e. The summed E-state index contributed by atoms with van der Waals surface area (Å²) < 4.78 is 45.2. The number of carbonyl (C=O) groups excluding carboxylic acids is 1. The van der Waals surface area contributed by atoms with E-state index in [1.54, 1.807) is 12.1 Å². The van der Waals surface area contributed by atoms with Gasteiger partial charge in [0.2, 0.25) is 5.91 Å². The quantitative estimate of drug-likeness (QED) is 0.877. The largest absolute Gasteiger partial charge is 0.494 e. The Morgan fingerprint density at radius 2 is 1.83 bits per heavy atom. The van der Waals surface area contributed by atoms with Crippen molar-refractivity contribution in [2.24, 2.45) is 0 Å². The van der Waals surface area contributed by atoms with E-state index < -0.39 is 15.8 Å². The summed E-state index contributed by atoms with van der Waals surface area (Å²) in [4.78, 5) is 10.9. The fourth-order valence-electron chi connectivity index (χ4n) is 1.89. The fourth-order valence-corrected chi connectivity index (χ4v) is 2.95. The van der Waals surface area contributed by atoms with Crippen molar-refractivity contribution in [2.45, 2.75) is 11.8 Å². The first-order valence-electron chi connectivity index (χ1n) is 6.56. The van der Waals surface area contributed by atoms with Crippen LogP contribution in [0, 0.1) is 5.82 Å². The van der Waals surface area contributed by atoms with Crippen LogP contribution in [0.2, 0.25) is 0 Å². The van der Waals surface area contributed by atoms with Gasteiger partial charge in [-0.1, -0.05) is 6.07 Å². The van der Waals surface area contributed by atoms with Gasteiger partial charge in [-0.05, 0) is 30.3 Å². The molecule has 0 saturated carbocycles. The van der Waals surface area contributed by atoms with Crippen LogP contribution in [0.3, 0.4) is 0 Å². The highest BCUT2D eigenvalue weighted by Gasteiger charge is 2.17. The summed E-state index contributed by atoms with van der Waals surface area (Å²) in [6.07, 6.45) is 0. The van der Waals surface area contributed by atoms with Gasteiger partial charge in [0, 0.05) is 18.7 Å². The first-order chi connectivity index (χ1) is 10.8. The summed E-state index contributed by atoms with van der Waals surface area (Å²) in [6, 6.07) is 9.46. The molecule has 23 heavy (non-hydrogen) atoms. The topological polar surface area (TPSA) is 84.5 Å². The highest BCUT2D eigenvalue weighted by atomic mass is 32.2. The van der Waals surface area contributed by atoms with Gasteiger partial charge in [-0.3, -0.25) is 9.52 Å². The molecule has 0 aliphatic heterocycles. The maximum absolute atomic E-state index is 13.4. The zero-order valence-electron chi connectivity index (χ0n) is 12.5. The number of ether oxygens (including phenoxy) is 1. The number of carbonyl (C=O) groups is 1. The molecular weight excluding hydrogens is 323 g/mol. The standard InChI is InChI=1S/C15H15FN2O4S/c1-10(19)17-11-4-3-5-12(8-11)18-23(20,21)13-6-7-14(16)15(9-13)22-2/h3-9,18H,1-2H3,(H,17,19).